The van der Waals surface area contributed by atoms with Gasteiger partial charge in [-0.15, -0.1) is 11.8 Å². The summed E-state index contributed by atoms with van der Waals surface area (Å²) < 4.78 is 0. The second-order valence-corrected chi connectivity index (χ2v) is 5.07. The van der Waals surface area contributed by atoms with Gasteiger partial charge < -0.3 is 5.32 Å². The molecule has 0 aromatic carbocycles. The third-order valence-electron chi connectivity index (χ3n) is 1.58. The van der Waals surface area contributed by atoms with Crippen LogP contribution in [0.2, 0.25) is 0 Å². The lowest BCUT2D eigenvalue weighted by atomic mass is 9.88. The zero-order valence-electron chi connectivity index (χ0n) is 8.26. The van der Waals surface area contributed by atoms with Crippen molar-refractivity contribution < 1.29 is 4.79 Å². The summed E-state index contributed by atoms with van der Waals surface area (Å²) in [6.45, 7) is 6.39. The van der Waals surface area contributed by atoms with E-state index in [1.165, 1.54) is 0 Å². The Morgan fingerprint density at radius 2 is 2.15 bits per heavy atom. The maximum atomic E-state index is 11.4. The van der Waals surface area contributed by atoms with Crippen molar-refractivity contribution in [3.05, 3.63) is 22.6 Å². The average molecular weight is 197 g/mol. The van der Waals surface area contributed by atoms with Gasteiger partial charge in [0.25, 0.3) is 5.91 Å². The van der Waals surface area contributed by atoms with E-state index < -0.39 is 0 Å². The molecule has 0 unspecified atom stereocenters. The highest BCUT2D eigenvalue weighted by atomic mass is 32.2. The number of carbonyl (C=O) groups excluding carboxylic acids is 1. The minimum Gasteiger partial charge on any atom is -0.328 e. The number of hydrogen-bond donors (Lipinski definition) is 1. The van der Waals surface area contributed by atoms with Gasteiger partial charge in [-0.25, -0.2) is 0 Å². The molecule has 1 aliphatic rings. The molecule has 0 saturated carbocycles. The Hall–Kier alpha value is -0.700. The van der Waals surface area contributed by atoms with Crippen molar-refractivity contribution in [3.63, 3.8) is 0 Å². The molecule has 1 N–H and O–H groups in total. The van der Waals surface area contributed by atoms with Crippen LogP contribution in [0.15, 0.2) is 22.6 Å². The summed E-state index contributed by atoms with van der Waals surface area (Å²) in [5.41, 5.74) is 1.02. The summed E-state index contributed by atoms with van der Waals surface area (Å²) in [5, 5.41) is 6.50. The number of carbonyl (C=O) groups is 1. The van der Waals surface area contributed by atoms with Gasteiger partial charge in [0, 0.05) is 11.8 Å². The summed E-state index contributed by atoms with van der Waals surface area (Å²) in [6.07, 6.45) is 2.49. The molecule has 0 aliphatic carbocycles. The van der Waals surface area contributed by atoms with Gasteiger partial charge in [0.15, 0.2) is 0 Å². The molecule has 0 saturated heterocycles. The van der Waals surface area contributed by atoms with Gasteiger partial charge in [0.05, 0.1) is 0 Å². The van der Waals surface area contributed by atoms with Crippen molar-refractivity contribution in [2.75, 3.05) is 0 Å². The first-order valence-electron chi connectivity index (χ1n) is 4.29. The number of rotatable bonds is 1. The van der Waals surface area contributed by atoms with E-state index in [9.17, 15) is 4.79 Å². The fourth-order valence-electron chi connectivity index (χ4n) is 1.11. The lowest BCUT2D eigenvalue weighted by molar-refractivity contribution is -0.116. The first-order valence-corrected chi connectivity index (χ1v) is 5.24. The van der Waals surface area contributed by atoms with Crippen molar-refractivity contribution in [3.8, 4) is 0 Å². The van der Waals surface area contributed by atoms with Crippen LogP contribution in [0, 0.1) is 5.41 Å². The number of amides is 1. The molecule has 0 spiro atoms. The van der Waals surface area contributed by atoms with Crippen molar-refractivity contribution in [2.45, 2.75) is 27.2 Å². The third-order valence-corrected chi connectivity index (χ3v) is 2.30. The van der Waals surface area contributed by atoms with Gasteiger partial charge in [-0.05, 0) is 22.7 Å². The quantitative estimate of drug-likeness (QED) is 0.700. The molecular formula is C10H15NOS. The van der Waals surface area contributed by atoms with Crippen LogP contribution in [-0.2, 0) is 4.79 Å². The summed E-state index contributed by atoms with van der Waals surface area (Å²) in [4.78, 5) is 11.4. The summed E-state index contributed by atoms with van der Waals surface area (Å²) in [7, 11) is 0. The van der Waals surface area contributed by atoms with Crippen LogP contribution in [0.1, 0.15) is 27.2 Å². The molecule has 0 aromatic rings. The fourth-order valence-corrected chi connectivity index (χ4v) is 1.69. The third kappa shape index (κ3) is 3.68. The van der Waals surface area contributed by atoms with Gasteiger partial charge in [0.1, 0.15) is 0 Å². The monoisotopic (exact) mass is 197 g/mol. The van der Waals surface area contributed by atoms with Crippen LogP contribution < -0.4 is 5.32 Å². The molecule has 3 heteroatoms. The number of hydrogen-bond acceptors (Lipinski definition) is 2. The fraction of sp³-hybridized carbons (Fsp3) is 0.500. The molecule has 0 radical (unpaired) electrons. The normalized spacial score (nSPS) is 17.8. The highest BCUT2D eigenvalue weighted by molar-refractivity contribution is 8.04. The molecule has 0 aromatic heterocycles. The smallest absolute Gasteiger partial charge is 0.251 e. The molecule has 1 amide bonds. The topological polar surface area (TPSA) is 29.1 Å². The Balaban J connectivity index is 2.69. The molecule has 1 aliphatic heterocycles. The van der Waals surface area contributed by atoms with Crippen molar-refractivity contribution in [1.82, 2.24) is 5.32 Å². The second kappa shape index (κ2) is 4.01. The second-order valence-electron chi connectivity index (χ2n) is 4.29. The van der Waals surface area contributed by atoms with Gasteiger partial charge in [-0.1, -0.05) is 20.8 Å². The largest absolute Gasteiger partial charge is 0.328 e. The van der Waals surface area contributed by atoms with Gasteiger partial charge in [-0.3, -0.25) is 4.79 Å². The summed E-state index contributed by atoms with van der Waals surface area (Å²) in [5.74, 6) is 0.0242. The van der Waals surface area contributed by atoms with E-state index in [1.54, 1.807) is 18.0 Å². The van der Waals surface area contributed by atoms with Crippen LogP contribution in [0.25, 0.3) is 0 Å². The number of nitrogens with one attached hydrogen (secondary N) is 1. The highest BCUT2D eigenvalue weighted by Gasteiger charge is 2.18. The van der Waals surface area contributed by atoms with E-state index in [0.717, 1.165) is 12.0 Å². The maximum absolute atomic E-state index is 11.4. The van der Waals surface area contributed by atoms with Gasteiger partial charge in [0.2, 0.25) is 0 Å². The summed E-state index contributed by atoms with van der Waals surface area (Å²) >= 11 is 1.54. The lowest BCUT2D eigenvalue weighted by Gasteiger charge is -2.18. The Morgan fingerprint density at radius 3 is 2.77 bits per heavy atom. The molecule has 0 atom stereocenters. The van der Waals surface area contributed by atoms with E-state index in [-0.39, 0.29) is 11.3 Å². The van der Waals surface area contributed by atoms with E-state index >= 15 is 0 Å². The zero-order chi connectivity index (χ0) is 9.90. The minimum atomic E-state index is 0.0242. The first-order chi connectivity index (χ1) is 5.99. The van der Waals surface area contributed by atoms with Crippen molar-refractivity contribution in [2.24, 2.45) is 5.41 Å². The first kappa shape index (κ1) is 10.4. The minimum absolute atomic E-state index is 0.0242. The van der Waals surface area contributed by atoms with Gasteiger partial charge >= 0.3 is 0 Å². The molecule has 72 valence electrons. The standard InChI is InChI=1S/C10H15NOS/c1-10(2,3)6-8-7-13-5-4-11-9(8)12/h4-5,7H,6H2,1-3H3,(H,11,12). The average Bonchev–Trinajstić information content (AvgIpc) is 2.14. The van der Waals surface area contributed by atoms with Crippen molar-refractivity contribution >= 4 is 17.7 Å². The maximum Gasteiger partial charge on any atom is 0.251 e. The van der Waals surface area contributed by atoms with Crippen LogP contribution >= 0.6 is 11.8 Å². The molecule has 0 fully saturated rings. The molecule has 13 heavy (non-hydrogen) atoms. The number of thioether (sulfide) groups is 1. The molecule has 0 bridgehead atoms. The van der Waals surface area contributed by atoms with Crippen LogP contribution in [0.4, 0.5) is 0 Å². The van der Waals surface area contributed by atoms with E-state index in [0.29, 0.717) is 0 Å². The highest BCUT2D eigenvalue weighted by Crippen LogP contribution is 2.26. The molecular weight excluding hydrogens is 182 g/mol. The Labute approximate surface area is 83.5 Å². The predicted molar refractivity (Wildman–Crippen MR) is 57.0 cm³/mol. The van der Waals surface area contributed by atoms with Crippen LogP contribution in [0.5, 0.6) is 0 Å². The van der Waals surface area contributed by atoms with Crippen LogP contribution in [-0.4, -0.2) is 5.91 Å². The Bertz CT molecular complexity index is 261. The van der Waals surface area contributed by atoms with E-state index in [2.05, 4.69) is 26.1 Å². The molecule has 2 nitrogen and oxygen atoms in total. The molecule has 1 heterocycles. The molecule has 1 rings (SSSR count). The Morgan fingerprint density at radius 1 is 1.46 bits per heavy atom. The van der Waals surface area contributed by atoms with Crippen LogP contribution in [0.3, 0.4) is 0 Å². The predicted octanol–water partition coefficient (Wildman–Crippen LogP) is 2.64. The summed E-state index contributed by atoms with van der Waals surface area (Å²) in [6, 6.07) is 0. The Kier molecular flexibility index (Phi) is 3.20. The SMILES string of the molecule is CC(C)(C)CC1=CSC=CNC1=O. The zero-order valence-corrected chi connectivity index (χ0v) is 9.07. The van der Waals surface area contributed by atoms with E-state index in [1.807, 2.05) is 10.8 Å². The van der Waals surface area contributed by atoms with E-state index in [4.69, 9.17) is 0 Å². The lowest BCUT2D eigenvalue weighted by Crippen LogP contribution is -2.21. The van der Waals surface area contributed by atoms with Crippen molar-refractivity contribution in [1.29, 1.82) is 0 Å². The van der Waals surface area contributed by atoms with Gasteiger partial charge in [-0.2, -0.15) is 0 Å².